The van der Waals surface area contributed by atoms with Crippen molar-refractivity contribution in [2.75, 3.05) is 11.5 Å². The maximum absolute atomic E-state index is 12.7. The molecule has 0 spiro atoms. The number of carbonyl (C=O) groups is 2. The van der Waals surface area contributed by atoms with Crippen LogP contribution in [0.3, 0.4) is 0 Å². The summed E-state index contributed by atoms with van der Waals surface area (Å²) in [7, 11) is -3.08. The predicted molar refractivity (Wildman–Crippen MR) is 95.6 cm³/mol. The third-order valence-electron chi connectivity index (χ3n) is 4.30. The van der Waals surface area contributed by atoms with E-state index < -0.39 is 21.8 Å². The van der Waals surface area contributed by atoms with E-state index >= 15 is 0 Å². The van der Waals surface area contributed by atoms with Gasteiger partial charge in [-0.25, -0.2) is 8.42 Å². The number of rotatable bonds is 4. The van der Waals surface area contributed by atoms with Gasteiger partial charge < -0.3 is 5.32 Å². The van der Waals surface area contributed by atoms with Gasteiger partial charge in [0.25, 0.3) is 5.91 Å². The summed E-state index contributed by atoms with van der Waals surface area (Å²) in [5, 5.41) is 2.74. The van der Waals surface area contributed by atoms with Gasteiger partial charge in [0.15, 0.2) is 15.6 Å². The molecule has 0 radical (unpaired) electrons. The van der Waals surface area contributed by atoms with Crippen LogP contribution in [0.1, 0.15) is 38.3 Å². The van der Waals surface area contributed by atoms with Crippen molar-refractivity contribution in [2.45, 2.75) is 19.4 Å². The summed E-state index contributed by atoms with van der Waals surface area (Å²) in [6.45, 7) is 1.94. The lowest BCUT2D eigenvalue weighted by atomic mass is 9.97. The van der Waals surface area contributed by atoms with Gasteiger partial charge in [0, 0.05) is 17.2 Å². The van der Waals surface area contributed by atoms with Crippen LogP contribution in [0.4, 0.5) is 0 Å². The van der Waals surface area contributed by atoms with Crippen molar-refractivity contribution in [2.24, 2.45) is 0 Å². The smallest absolute Gasteiger partial charge is 0.252 e. The molecule has 1 amide bonds. The quantitative estimate of drug-likeness (QED) is 0.850. The van der Waals surface area contributed by atoms with Gasteiger partial charge in [-0.3, -0.25) is 9.59 Å². The molecule has 0 saturated carbocycles. The number of benzene rings is 2. The van der Waals surface area contributed by atoms with E-state index in [0.717, 1.165) is 5.56 Å². The molecule has 0 aromatic heterocycles. The first-order valence-electron chi connectivity index (χ1n) is 8.07. The third kappa shape index (κ3) is 3.96. The summed E-state index contributed by atoms with van der Waals surface area (Å²) in [6.07, 6.45) is 0.405. The third-order valence-corrected chi connectivity index (χ3v) is 6.07. The summed E-state index contributed by atoms with van der Waals surface area (Å²) in [6, 6.07) is 13.3. The van der Waals surface area contributed by atoms with Gasteiger partial charge >= 0.3 is 0 Å². The minimum Gasteiger partial charge on any atom is -0.348 e. The highest BCUT2D eigenvalue weighted by atomic mass is 32.2. The largest absolute Gasteiger partial charge is 0.348 e. The molecular formula is C19H19NO4S. The fourth-order valence-corrected chi connectivity index (χ4v) is 4.58. The van der Waals surface area contributed by atoms with Gasteiger partial charge in [0.2, 0.25) is 0 Å². The van der Waals surface area contributed by atoms with Crippen LogP contribution < -0.4 is 5.32 Å². The highest BCUT2D eigenvalue weighted by Crippen LogP contribution is 2.17. The van der Waals surface area contributed by atoms with E-state index in [2.05, 4.69) is 5.32 Å². The Balaban J connectivity index is 1.84. The molecule has 6 heteroatoms. The fourth-order valence-electron chi connectivity index (χ4n) is 2.91. The summed E-state index contributed by atoms with van der Waals surface area (Å²) in [5.74, 6) is -0.614. The summed E-state index contributed by atoms with van der Waals surface area (Å²) >= 11 is 0. The minimum absolute atomic E-state index is 0.0488. The van der Waals surface area contributed by atoms with Crippen LogP contribution >= 0.6 is 0 Å². The Labute approximate surface area is 147 Å². The number of aryl methyl sites for hydroxylation is 1. The first-order chi connectivity index (χ1) is 11.9. The lowest BCUT2D eigenvalue weighted by molar-refractivity contribution is 0.0930. The number of sulfone groups is 1. The second kappa shape index (κ2) is 6.80. The molecule has 1 heterocycles. The topological polar surface area (TPSA) is 80.3 Å². The van der Waals surface area contributed by atoms with Gasteiger partial charge in [-0.05, 0) is 19.4 Å². The van der Waals surface area contributed by atoms with Gasteiger partial charge in [-0.15, -0.1) is 0 Å². The van der Waals surface area contributed by atoms with Crippen molar-refractivity contribution < 1.29 is 18.0 Å². The number of hydrogen-bond acceptors (Lipinski definition) is 4. The lowest BCUT2D eigenvalue weighted by Crippen LogP contribution is -2.36. The van der Waals surface area contributed by atoms with Gasteiger partial charge in [0.1, 0.15) is 0 Å². The Hall–Kier alpha value is -2.47. The van der Waals surface area contributed by atoms with Crippen LogP contribution in [0.5, 0.6) is 0 Å². The molecule has 25 heavy (non-hydrogen) atoms. The maximum Gasteiger partial charge on any atom is 0.252 e. The Morgan fingerprint density at radius 1 is 1.00 bits per heavy atom. The normalized spacial score (nSPS) is 18.7. The average Bonchev–Trinajstić information content (AvgIpc) is 2.93. The van der Waals surface area contributed by atoms with Crippen LogP contribution in [0.2, 0.25) is 0 Å². The predicted octanol–water partition coefficient (Wildman–Crippen LogP) is 2.14. The van der Waals surface area contributed by atoms with E-state index in [1.807, 2.05) is 19.1 Å². The first kappa shape index (κ1) is 17.4. The molecule has 5 nitrogen and oxygen atoms in total. The number of amides is 1. The summed E-state index contributed by atoms with van der Waals surface area (Å²) in [5.41, 5.74) is 2.13. The molecule has 130 valence electrons. The number of carbonyl (C=O) groups excluding carboxylic acids is 2. The van der Waals surface area contributed by atoms with E-state index in [0.29, 0.717) is 17.5 Å². The molecule has 1 fully saturated rings. The van der Waals surface area contributed by atoms with Crippen LogP contribution in [0, 0.1) is 6.92 Å². The molecule has 0 aliphatic carbocycles. The maximum atomic E-state index is 12.7. The van der Waals surface area contributed by atoms with E-state index in [1.54, 1.807) is 36.4 Å². The number of ketones is 1. The second-order valence-electron chi connectivity index (χ2n) is 6.31. The Bertz CT molecular complexity index is 917. The van der Waals surface area contributed by atoms with E-state index in [-0.39, 0.29) is 22.9 Å². The van der Waals surface area contributed by atoms with Crippen LogP contribution in [0.25, 0.3) is 0 Å². The summed E-state index contributed by atoms with van der Waals surface area (Å²) < 4.78 is 23.1. The molecule has 3 rings (SSSR count). The Morgan fingerprint density at radius 2 is 1.64 bits per heavy atom. The van der Waals surface area contributed by atoms with Crippen molar-refractivity contribution >= 4 is 21.5 Å². The minimum atomic E-state index is -3.08. The van der Waals surface area contributed by atoms with E-state index in [4.69, 9.17) is 0 Å². The van der Waals surface area contributed by atoms with Crippen molar-refractivity contribution in [1.82, 2.24) is 5.32 Å². The molecule has 2 aromatic rings. The molecule has 0 bridgehead atoms. The SMILES string of the molecule is Cc1ccc(C(=O)c2ccccc2C(=O)NC2CCS(=O)(=O)C2)cc1. The lowest BCUT2D eigenvalue weighted by Gasteiger charge is -2.13. The number of nitrogens with one attached hydrogen (secondary N) is 1. The van der Waals surface area contributed by atoms with Crippen molar-refractivity contribution in [3.63, 3.8) is 0 Å². The van der Waals surface area contributed by atoms with E-state index in [9.17, 15) is 18.0 Å². The van der Waals surface area contributed by atoms with Crippen LogP contribution in [-0.2, 0) is 9.84 Å². The molecule has 1 aliphatic rings. The fraction of sp³-hybridized carbons (Fsp3) is 0.263. The highest BCUT2D eigenvalue weighted by Gasteiger charge is 2.30. The Morgan fingerprint density at radius 3 is 2.24 bits per heavy atom. The molecule has 2 aromatic carbocycles. The van der Waals surface area contributed by atoms with Crippen molar-refractivity contribution in [3.05, 3.63) is 70.8 Å². The zero-order valence-electron chi connectivity index (χ0n) is 13.9. The van der Waals surface area contributed by atoms with Gasteiger partial charge in [-0.1, -0.05) is 48.0 Å². The molecular weight excluding hydrogens is 338 g/mol. The first-order valence-corrected chi connectivity index (χ1v) is 9.89. The van der Waals surface area contributed by atoms with Crippen LogP contribution in [-0.4, -0.2) is 37.7 Å². The van der Waals surface area contributed by atoms with Crippen LogP contribution in [0.15, 0.2) is 48.5 Å². The van der Waals surface area contributed by atoms with E-state index in [1.165, 1.54) is 0 Å². The molecule has 1 unspecified atom stereocenters. The second-order valence-corrected chi connectivity index (χ2v) is 8.54. The standard InChI is InChI=1S/C19H19NO4S/c1-13-6-8-14(9-7-13)18(21)16-4-2-3-5-17(16)19(22)20-15-10-11-25(23,24)12-15/h2-9,15H,10-12H2,1H3,(H,20,22). The molecule has 1 saturated heterocycles. The summed E-state index contributed by atoms with van der Waals surface area (Å²) in [4.78, 5) is 25.3. The van der Waals surface area contributed by atoms with Crippen molar-refractivity contribution in [3.8, 4) is 0 Å². The van der Waals surface area contributed by atoms with Crippen molar-refractivity contribution in [1.29, 1.82) is 0 Å². The molecule has 1 atom stereocenters. The zero-order valence-corrected chi connectivity index (χ0v) is 14.7. The zero-order chi connectivity index (χ0) is 18.0. The average molecular weight is 357 g/mol. The Kier molecular flexibility index (Phi) is 4.72. The molecule has 1 aliphatic heterocycles. The number of hydrogen-bond donors (Lipinski definition) is 1. The van der Waals surface area contributed by atoms with Gasteiger partial charge in [-0.2, -0.15) is 0 Å². The van der Waals surface area contributed by atoms with Gasteiger partial charge in [0.05, 0.1) is 17.1 Å². The molecule has 1 N–H and O–H groups in total. The monoisotopic (exact) mass is 357 g/mol. The highest BCUT2D eigenvalue weighted by molar-refractivity contribution is 7.91.